The first-order chi connectivity index (χ1) is 13.7. The lowest BCUT2D eigenvalue weighted by Crippen LogP contribution is -2.38. The number of aromatic nitrogens is 3. The number of rotatable bonds is 5. The second kappa shape index (κ2) is 7.35. The normalized spacial score (nSPS) is 25.3. The Kier molecular flexibility index (Phi) is 5.13. The van der Waals surface area contributed by atoms with Crippen LogP contribution in [-0.2, 0) is 11.8 Å². The summed E-state index contributed by atoms with van der Waals surface area (Å²) in [4.78, 5) is 15.1. The van der Waals surface area contributed by atoms with Crippen LogP contribution in [0, 0.1) is 10.8 Å². The molecule has 7 heteroatoms. The minimum Gasteiger partial charge on any atom is -0.497 e. The zero-order valence-electron chi connectivity index (χ0n) is 17.9. The Hall–Kier alpha value is -2.02. The van der Waals surface area contributed by atoms with Crippen LogP contribution in [0.15, 0.2) is 29.4 Å². The van der Waals surface area contributed by atoms with Gasteiger partial charge in [-0.3, -0.25) is 4.79 Å². The molecule has 0 spiro atoms. The molecule has 2 atom stereocenters. The van der Waals surface area contributed by atoms with Crippen LogP contribution in [0.1, 0.15) is 40.0 Å². The van der Waals surface area contributed by atoms with E-state index in [-0.39, 0.29) is 11.3 Å². The standard InChI is InChI=1S/C22H30N4O2S/c1-21(2)10-16-11-22(3,13-21)14-26(16)18(27)12-29-20-24-23-19(25(20)4)15-6-8-17(28-5)9-7-15/h6-9,16H,10-14H2,1-5H3. The fourth-order valence-electron chi connectivity index (χ4n) is 5.39. The molecule has 1 saturated heterocycles. The smallest absolute Gasteiger partial charge is 0.233 e. The zero-order chi connectivity index (χ0) is 20.8. The van der Waals surface area contributed by atoms with Crippen LogP contribution in [0.2, 0.25) is 0 Å². The Labute approximate surface area is 177 Å². The number of hydrogen-bond acceptors (Lipinski definition) is 5. The highest BCUT2D eigenvalue weighted by Gasteiger charge is 2.50. The second-order valence-electron chi connectivity index (χ2n) is 9.62. The zero-order valence-corrected chi connectivity index (χ0v) is 18.8. The van der Waals surface area contributed by atoms with Crippen molar-refractivity contribution in [3.63, 3.8) is 0 Å². The van der Waals surface area contributed by atoms with Crippen molar-refractivity contribution < 1.29 is 9.53 Å². The number of nitrogens with zero attached hydrogens (tertiary/aromatic N) is 4. The third-order valence-electron chi connectivity index (χ3n) is 6.24. The summed E-state index contributed by atoms with van der Waals surface area (Å²) in [5.41, 5.74) is 1.55. The minimum atomic E-state index is 0.218. The molecule has 2 unspecified atom stereocenters. The summed E-state index contributed by atoms with van der Waals surface area (Å²) in [5, 5.41) is 9.40. The van der Waals surface area contributed by atoms with Crippen LogP contribution in [-0.4, -0.2) is 51.0 Å². The summed E-state index contributed by atoms with van der Waals surface area (Å²) in [5.74, 6) is 2.22. The van der Waals surface area contributed by atoms with Crippen LogP contribution in [0.25, 0.3) is 11.4 Å². The third-order valence-corrected chi connectivity index (χ3v) is 7.25. The Balaban J connectivity index is 1.42. The van der Waals surface area contributed by atoms with Gasteiger partial charge in [-0.2, -0.15) is 0 Å². The highest BCUT2D eigenvalue weighted by atomic mass is 32.2. The van der Waals surface area contributed by atoms with E-state index in [9.17, 15) is 4.79 Å². The van der Waals surface area contributed by atoms with Gasteiger partial charge in [-0.15, -0.1) is 10.2 Å². The number of benzene rings is 1. The van der Waals surface area contributed by atoms with Gasteiger partial charge in [-0.05, 0) is 54.4 Å². The number of hydrogen-bond donors (Lipinski definition) is 0. The van der Waals surface area contributed by atoms with Gasteiger partial charge >= 0.3 is 0 Å². The van der Waals surface area contributed by atoms with Crippen LogP contribution in [0.5, 0.6) is 5.75 Å². The molecule has 0 N–H and O–H groups in total. The van der Waals surface area contributed by atoms with Gasteiger partial charge < -0.3 is 14.2 Å². The van der Waals surface area contributed by atoms with Crippen molar-refractivity contribution in [2.75, 3.05) is 19.4 Å². The molecule has 2 aliphatic rings. The molecule has 1 aromatic carbocycles. The molecule has 1 aromatic heterocycles. The van der Waals surface area contributed by atoms with E-state index in [0.717, 1.165) is 41.7 Å². The first-order valence-corrected chi connectivity index (χ1v) is 11.1. The summed E-state index contributed by atoms with van der Waals surface area (Å²) in [6.07, 6.45) is 3.44. The van der Waals surface area contributed by atoms with Crippen LogP contribution in [0.4, 0.5) is 0 Å². The predicted octanol–water partition coefficient (Wildman–Crippen LogP) is 4.01. The molecule has 1 aliphatic carbocycles. The second-order valence-corrected chi connectivity index (χ2v) is 10.6. The lowest BCUT2D eigenvalue weighted by Gasteiger charge is -2.39. The molecule has 1 aliphatic heterocycles. The molecule has 6 nitrogen and oxygen atoms in total. The SMILES string of the molecule is COc1ccc(-c2nnc(SCC(=O)N3CC4(C)CC3CC(C)(C)C4)n2C)cc1. The maximum absolute atomic E-state index is 13.0. The lowest BCUT2D eigenvalue weighted by molar-refractivity contribution is -0.129. The Bertz CT molecular complexity index is 908. The maximum atomic E-state index is 13.0. The van der Waals surface area contributed by atoms with Crippen molar-refractivity contribution >= 4 is 17.7 Å². The number of amides is 1. The third kappa shape index (κ3) is 4.02. The van der Waals surface area contributed by atoms with Crippen molar-refractivity contribution in [2.24, 2.45) is 17.9 Å². The van der Waals surface area contributed by atoms with Crippen LogP contribution in [0.3, 0.4) is 0 Å². The molecule has 2 heterocycles. The number of ether oxygens (including phenoxy) is 1. The Morgan fingerprint density at radius 2 is 1.93 bits per heavy atom. The van der Waals surface area contributed by atoms with Gasteiger partial charge in [0.2, 0.25) is 5.91 Å². The topological polar surface area (TPSA) is 60.3 Å². The van der Waals surface area contributed by atoms with Gasteiger partial charge in [0, 0.05) is 25.2 Å². The highest BCUT2D eigenvalue weighted by Crippen LogP contribution is 2.52. The molecule has 156 valence electrons. The van der Waals surface area contributed by atoms with E-state index in [2.05, 4.69) is 35.9 Å². The Morgan fingerprint density at radius 3 is 2.62 bits per heavy atom. The van der Waals surface area contributed by atoms with E-state index in [0.29, 0.717) is 17.2 Å². The number of fused-ring (bicyclic) bond motifs is 2. The summed E-state index contributed by atoms with van der Waals surface area (Å²) in [7, 11) is 3.59. The molecule has 4 rings (SSSR count). The molecular formula is C22H30N4O2S. The quantitative estimate of drug-likeness (QED) is 0.692. The van der Waals surface area contributed by atoms with Gasteiger partial charge in [0.15, 0.2) is 11.0 Å². The van der Waals surface area contributed by atoms with Gasteiger partial charge in [0.25, 0.3) is 0 Å². The average Bonchev–Trinajstić information content (AvgIpc) is 3.15. The number of likely N-dealkylation sites (tertiary alicyclic amines) is 1. The van der Waals surface area contributed by atoms with Gasteiger partial charge in [0.05, 0.1) is 12.9 Å². The Morgan fingerprint density at radius 1 is 1.21 bits per heavy atom. The van der Waals surface area contributed by atoms with E-state index in [1.165, 1.54) is 18.2 Å². The molecule has 1 amide bonds. The largest absolute Gasteiger partial charge is 0.497 e. The lowest BCUT2D eigenvalue weighted by atomic mass is 9.65. The molecule has 1 saturated carbocycles. The number of methoxy groups -OCH3 is 1. The van der Waals surface area contributed by atoms with E-state index in [4.69, 9.17) is 4.74 Å². The number of thioether (sulfide) groups is 1. The molecular weight excluding hydrogens is 384 g/mol. The first kappa shape index (κ1) is 20.3. The monoisotopic (exact) mass is 414 g/mol. The molecule has 0 radical (unpaired) electrons. The van der Waals surface area contributed by atoms with Crippen molar-refractivity contribution in [3.05, 3.63) is 24.3 Å². The van der Waals surface area contributed by atoms with E-state index >= 15 is 0 Å². The van der Waals surface area contributed by atoms with Crippen molar-refractivity contribution in [3.8, 4) is 17.1 Å². The first-order valence-electron chi connectivity index (χ1n) is 10.2. The maximum Gasteiger partial charge on any atom is 0.233 e. The summed E-state index contributed by atoms with van der Waals surface area (Å²) in [6, 6.07) is 8.14. The average molecular weight is 415 g/mol. The molecule has 2 aromatic rings. The van der Waals surface area contributed by atoms with Crippen molar-refractivity contribution in [1.82, 2.24) is 19.7 Å². The predicted molar refractivity (Wildman–Crippen MR) is 115 cm³/mol. The fraction of sp³-hybridized carbons (Fsp3) is 0.591. The molecule has 2 fully saturated rings. The fourth-order valence-corrected chi connectivity index (χ4v) is 6.19. The summed E-state index contributed by atoms with van der Waals surface area (Å²) in [6.45, 7) is 7.89. The summed E-state index contributed by atoms with van der Waals surface area (Å²) < 4.78 is 7.17. The van der Waals surface area contributed by atoms with Crippen molar-refractivity contribution in [2.45, 2.75) is 51.2 Å². The minimum absolute atomic E-state index is 0.218. The summed E-state index contributed by atoms with van der Waals surface area (Å²) >= 11 is 1.47. The van der Waals surface area contributed by atoms with Gasteiger partial charge in [0.1, 0.15) is 5.75 Å². The number of carbonyl (C=O) groups excluding carboxylic acids is 1. The van der Waals surface area contributed by atoms with Gasteiger partial charge in [-0.1, -0.05) is 32.5 Å². The van der Waals surface area contributed by atoms with Crippen molar-refractivity contribution in [1.29, 1.82) is 0 Å². The van der Waals surface area contributed by atoms with E-state index < -0.39 is 0 Å². The molecule has 2 bridgehead atoms. The number of carbonyl (C=O) groups is 1. The highest BCUT2D eigenvalue weighted by molar-refractivity contribution is 7.99. The van der Waals surface area contributed by atoms with Gasteiger partial charge in [-0.25, -0.2) is 0 Å². The molecule has 29 heavy (non-hydrogen) atoms. The van der Waals surface area contributed by atoms with Crippen LogP contribution >= 0.6 is 11.8 Å². The van der Waals surface area contributed by atoms with Crippen LogP contribution < -0.4 is 4.74 Å². The van der Waals surface area contributed by atoms with E-state index in [1.807, 2.05) is 35.9 Å². The van der Waals surface area contributed by atoms with E-state index in [1.54, 1.807) is 7.11 Å².